The van der Waals surface area contributed by atoms with E-state index in [1.54, 1.807) is 0 Å². The average Bonchev–Trinajstić information content (AvgIpc) is 3.15. The number of likely N-dealkylation sites (N-methyl/N-ethyl adjacent to an activating group) is 1. The van der Waals surface area contributed by atoms with Gasteiger partial charge in [0.2, 0.25) is 5.12 Å². The molecule has 146 valence electrons. The maximum absolute atomic E-state index is 11.9. The lowest BCUT2D eigenvalue weighted by Gasteiger charge is -2.21. The molecule has 0 spiro atoms. The van der Waals surface area contributed by atoms with Gasteiger partial charge in [0, 0.05) is 19.3 Å². The number of nitrogens with zero attached hydrogens (tertiary/aromatic N) is 2. The van der Waals surface area contributed by atoms with Gasteiger partial charge in [0.1, 0.15) is 17.9 Å². The van der Waals surface area contributed by atoms with Crippen LogP contribution in [0.4, 0.5) is 6.01 Å². The number of anilines is 1. The Morgan fingerprint density at radius 2 is 2.07 bits per heavy atom. The van der Waals surface area contributed by atoms with Crippen LogP contribution in [0.25, 0.3) is 11.1 Å². The van der Waals surface area contributed by atoms with E-state index in [0.717, 1.165) is 34.7 Å². The molecular formula is C21H23N3O3S. The maximum Gasteiger partial charge on any atom is 0.298 e. The second-order valence-corrected chi connectivity index (χ2v) is 7.86. The Morgan fingerprint density at radius 3 is 2.86 bits per heavy atom. The van der Waals surface area contributed by atoms with E-state index in [2.05, 4.69) is 10.3 Å². The number of fused-ring (bicyclic) bond motifs is 1. The normalized spacial score (nSPS) is 17.0. The molecule has 0 bridgehead atoms. The first-order valence-electron chi connectivity index (χ1n) is 9.37. The SMILES string of the molecule is CN(CCOc1ccc(CC2NCCSC2=O)cc1)c1nc2ccccc2o1. The van der Waals surface area contributed by atoms with Crippen LogP contribution in [0.15, 0.2) is 52.9 Å². The minimum Gasteiger partial charge on any atom is -0.492 e. The lowest BCUT2D eigenvalue weighted by molar-refractivity contribution is -0.113. The summed E-state index contributed by atoms with van der Waals surface area (Å²) in [5.41, 5.74) is 2.76. The van der Waals surface area contributed by atoms with Gasteiger partial charge in [-0.3, -0.25) is 4.79 Å². The Bertz CT molecular complexity index is 908. The highest BCUT2D eigenvalue weighted by Crippen LogP contribution is 2.21. The third-order valence-corrected chi connectivity index (χ3v) is 5.67. The number of hydrogen-bond donors (Lipinski definition) is 1. The van der Waals surface area contributed by atoms with Crippen molar-refractivity contribution < 1.29 is 13.9 Å². The predicted molar refractivity (Wildman–Crippen MR) is 112 cm³/mol. The van der Waals surface area contributed by atoms with Gasteiger partial charge in [-0.2, -0.15) is 4.98 Å². The standard InChI is InChI=1S/C21H23N3O3S/c1-24(21-23-17-4-2-3-5-19(17)27-21)11-12-26-16-8-6-15(7-9-16)14-18-20(25)28-13-10-22-18/h2-9,18,22H,10-14H2,1H3. The number of oxazole rings is 1. The maximum atomic E-state index is 11.9. The Kier molecular flexibility index (Phi) is 5.83. The van der Waals surface area contributed by atoms with Gasteiger partial charge in [-0.15, -0.1) is 0 Å². The van der Waals surface area contributed by atoms with Crippen molar-refractivity contribution in [3.8, 4) is 5.75 Å². The summed E-state index contributed by atoms with van der Waals surface area (Å²) in [6.45, 7) is 2.07. The van der Waals surface area contributed by atoms with Crippen molar-refractivity contribution in [2.75, 3.05) is 37.4 Å². The molecule has 0 saturated carbocycles. The lowest BCUT2D eigenvalue weighted by atomic mass is 10.1. The number of para-hydroxylation sites is 2. The van der Waals surface area contributed by atoms with Crippen LogP contribution < -0.4 is 15.0 Å². The molecule has 1 aliphatic rings. The zero-order chi connectivity index (χ0) is 19.3. The molecule has 1 saturated heterocycles. The number of ether oxygens (including phenoxy) is 1. The van der Waals surface area contributed by atoms with Crippen molar-refractivity contribution in [1.29, 1.82) is 0 Å². The number of carbonyl (C=O) groups excluding carboxylic acids is 1. The number of rotatable bonds is 7. The molecule has 3 aromatic rings. The number of hydrogen-bond acceptors (Lipinski definition) is 7. The largest absolute Gasteiger partial charge is 0.492 e. The molecule has 1 aromatic heterocycles. The fourth-order valence-electron chi connectivity index (χ4n) is 3.10. The molecule has 4 rings (SSSR count). The van der Waals surface area contributed by atoms with E-state index in [1.165, 1.54) is 11.8 Å². The minimum atomic E-state index is -0.0875. The molecule has 6 nitrogen and oxygen atoms in total. The highest BCUT2D eigenvalue weighted by atomic mass is 32.2. The third-order valence-electron chi connectivity index (χ3n) is 4.69. The van der Waals surface area contributed by atoms with E-state index in [9.17, 15) is 4.79 Å². The Labute approximate surface area is 168 Å². The van der Waals surface area contributed by atoms with E-state index in [0.29, 0.717) is 25.6 Å². The highest BCUT2D eigenvalue weighted by molar-refractivity contribution is 8.13. The van der Waals surface area contributed by atoms with Crippen LogP contribution in [0.3, 0.4) is 0 Å². The van der Waals surface area contributed by atoms with E-state index in [4.69, 9.17) is 9.15 Å². The molecule has 2 aromatic carbocycles. The second-order valence-electron chi connectivity index (χ2n) is 6.76. The molecule has 1 unspecified atom stereocenters. The first-order valence-corrected chi connectivity index (χ1v) is 10.4. The van der Waals surface area contributed by atoms with Crippen LogP contribution in [-0.4, -0.2) is 48.6 Å². The molecular weight excluding hydrogens is 374 g/mol. The van der Waals surface area contributed by atoms with E-state index < -0.39 is 0 Å². The zero-order valence-electron chi connectivity index (χ0n) is 15.8. The molecule has 1 fully saturated rings. The summed E-state index contributed by atoms with van der Waals surface area (Å²) < 4.78 is 11.6. The van der Waals surface area contributed by atoms with E-state index in [-0.39, 0.29) is 11.2 Å². The Morgan fingerprint density at radius 1 is 1.25 bits per heavy atom. The number of thioether (sulfide) groups is 1. The summed E-state index contributed by atoms with van der Waals surface area (Å²) in [5, 5.41) is 3.51. The van der Waals surface area contributed by atoms with Crippen molar-refractivity contribution in [1.82, 2.24) is 10.3 Å². The number of benzene rings is 2. The van der Waals surface area contributed by atoms with Crippen LogP contribution in [0.2, 0.25) is 0 Å². The lowest BCUT2D eigenvalue weighted by Crippen LogP contribution is -2.42. The monoisotopic (exact) mass is 397 g/mol. The summed E-state index contributed by atoms with van der Waals surface area (Å²) in [5.74, 6) is 1.67. The zero-order valence-corrected chi connectivity index (χ0v) is 16.6. The fourth-order valence-corrected chi connectivity index (χ4v) is 3.89. The minimum absolute atomic E-state index is 0.0875. The molecule has 0 amide bonds. The molecule has 7 heteroatoms. The smallest absolute Gasteiger partial charge is 0.298 e. The molecule has 0 radical (unpaired) electrons. The molecule has 28 heavy (non-hydrogen) atoms. The van der Waals surface area contributed by atoms with Gasteiger partial charge in [0.25, 0.3) is 6.01 Å². The quantitative estimate of drug-likeness (QED) is 0.657. The molecule has 1 aliphatic heterocycles. The molecule has 1 N–H and O–H groups in total. The third kappa shape index (κ3) is 4.48. The average molecular weight is 398 g/mol. The summed E-state index contributed by atoms with van der Waals surface area (Å²) in [4.78, 5) is 18.3. The fraction of sp³-hybridized carbons (Fsp3) is 0.333. The van der Waals surface area contributed by atoms with Crippen LogP contribution in [0, 0.1) is 0 Å². The second kappa shape index (κ2) is 8.67. The van der Waals surface area contributed by atoms with Crippen LogP contribution in [0.5, 0.6) is 5.75 Å². The van der Waals surface area contributed by atoms with Crippen molar-refractivity contribution in [2.45, 2.75) is 12.5 Å². The summed E-state index contributed by atoms with van der Waals surface area (Å²) in [6, 6.07) is 16.2. The van der Waals surface area contributed by atoms with Gasteiger partial charge in [-0.05, 0) is 36.2 Å². The first kappa shape index (κ1) is 18.8. The van der Waals surface area contributed by atoms with Crippen LogP contribution >= 0.6 is 11.8 Å². The van der Waals surface area contributed by atoms with Crippen molar-refractivity contribution in [3.63, 3.8) is 0 Å². The van der Waals surface area contributed by atoms with Gasteiger partial charge in [-0.1, -0.05) is 36.0 Å². The number of nitrogens with one attached hydrogen (secondary N) is 1. The summed E-state index contributed by atoms with van der Waals surface area (Å²) >= 11 is 1.42. The van der Waals surface area contributed by atoms with Gasteiger partial charge in [0.15, 0.2) is 5.58 Å². The van der Waals surface area contributed by atoms with Crippen LogP contribution in [0.1, 0.15) is 5.56 Å². The molecule has 1 atom stereocenters. The summed E-state index contributed by atoms with van der Waals surface area (Å²) in [6.07, 6.45) is 0.715. The first-order chi connectivity index (χ1) is 13.7. The highest BCUT2D eigenvalue weighted by Gasteiger charge is 2.22. The van der Waals surface area contributed by atoms with Crippen molar-refractivity contribution in [3.05, 3.63) is 54.1 Å². The number of aromatic nitrogens is 1. The van der Waals surface area contributed by atoms with E-state index in [1.807, 2.05) is 60.5 Å². The molecule has 2 heterocycles. The van der Waals surface area contributed by atoms with Gasteiger partial charge in [-0.25, -0.2) is 0 Å². The van der Waals surface area contributed by atoms with Crippen LogP contribution in [-0.2, 0) is 11.2 Å². The van der Waals surface area contributed by atoms with E-state index >= 15 is 0 Å². The number of carbonyl (C=O) groups is 1. The Balaban J connectivity index is 1.27. The van der Waals surface area contributed by atoms with Crippen molar-refractivity contribution >= 4 is 34.0 Å². The Hall–Kier alpha value is -2.51. The topological polar surface area (TPSA) is 67.6 Å². The predicted octanol–water partition coefficient (Wildman–Crippen LogP) is 3.12. The van der Waals surface area contributed by atoms with Gasteiger partial charge < -0.3 is 19.4 Å². The van der Waals surface area contributed by atoms with Crippen molar-refractivity contribution in [2.24, 2.45) is 0 Å². The van der Waals surface area contributed by atoms with Gasteiger partial charge in [0.05, 0.1) is 12.6 Å². The van der Waals surface area contributed by atoms with Gasteiger partial charge >= 0.3 is 0 Å². The summed E-state index contributed by atoms with van der Waals surface area (Å²) in [7, 11) is 1.93. The molecule has 0 aliphatic carbocycles.